The first kappa shape index (κ1) is 24.3. The average molecular weight is 433 g/mol. The van der Waals surface area contributed by atoms with Crippen LogP contribution in [0.25, 0.3) is 0 Å². The summed E-state index contributed by atoms with van der Waals surface area (Å²) in [4.78, 5) is 14.1. The van der Waals surface area contributed by atoms with E-state index in [9.17, 15) is 17.8 Å². The summed E-state index contributed by atoms with van der Waals surface area (Å²) < 4.78 is 37.9. The van der Waals surface area contributed by atoms with Crippen LogP contribution in [0.4, 0.5) is 0 Å². The van der Waals surface area contributed by atoms with E-state index in [2.05, 4.69) is 20.8 Å². The predicted octanol–water partition coefficient (Wildman–Crippen LogP) is 5.67. The third-order valence-electron chi connectivity index (χ3n) is 8.43. The van der Waals surface area contributed by atoms with Crippen molar-refractivity contribution in [2.75, 3.05) is 18.5 Å². The van der Waals surface area contributed by atoms with Crippen molar-refractivity contribution in [2.24, 2.45) is 16.7 Å². The van der Waals surface area contributed by atoms with Crippen LogP contribution in [0.2, 0.25) is 0 Å². The van der Waals surface area contributed by atoms with Crippen LogP contribution < -0.4 is 0 Å². The summed E-state index contributed by atoms with van der Waals surface area (Å²) in [7, 11) is -7.07. The molecule has 28 heavy (non-hydrogen) atoms. The van der Waals surface area contributed by atoms with Crippen LogP contribution in [-0.2, 0) is 14.9 Å². The van der Waals surface area contributed by atoms with E-state index in [1.165, 1.54) is 0 Å². The van der Waals surface area contributed by atoms with Crippen molar-refractivity contribution in [2.45, 2.75) is 97.4 Å². The van der Waals surface area contributed by atoms with Crippen molar-refractivity contribution in [1.82, 2.24) is 0 Å². The lowest BCUT2D eigenvalue weighted by molar-refractivity contribution is -0.128. The molecule has 0 amide bonds. The molecule has 0 aromatic carbocycles. The fourth-order valence-electron chi connectivity index (χ4n) is 6.43. The van der Waals surface area contributed by atoms with Crippen molar-refractivity contribution < 1.29 is 17.8 Å². The van der Waals surface area contributed by atoms with Gasteiger partial charge in [-0.25, -0.2) is 8.42 Å². The Morgan fingerprint density at radius 3 is 1.68 bits per heavy atom. The highest BCUT2D eigenvalue weighted by atomic mass is 32.2. The Kier molecular flexibility index (Phi) is 7.17. The lowest BCUT2D eigenvalue weighted by Gasteiger charge is -2.48. The van der Waals surface area contributed by atoms with Crippen molar-refractivity contribution >= 4 is 23.2 Å². The van der Waals surface area contributed by atoms with Crippen molar-refractivity contribution in [3.63, 3.8) is 0 Å². The fraction of sp³-hybridized carbons (Fsp3) is 0.955. The molecule has 2 bridgehead atoms. The van der Waals surface area contributed by atoms with Crippen LogP contribution in [0.3, 0.4) is 0 Å². The van der Waals surface area contributed by atoms with E-state index < -0.39 is 32.7 Å². The summed E-state index contributed by atoms with van der Waals surface area (Å²) in [5.74, 6) is -0.521. The average Bonchev–Trinajstić information content (AvgIpc) is 2.92. The third kappa shape index (κ3) is 3.14. The van der Waals surface area contributed by atoms with Crippen LogP contribution in [0.5, 0.6) is 0 Å². The molecule has 2 aliphatic carbocycles. The summed E-state index contributed by atoms with van der Waals surface area (Å²) in [5.41, 5.74) is -1.12. The van der Waals surface area contributed by atoms with E-state index in [1.54, 1.807) is 0 Å². The van der Waals surface area contributed by atoms with Crippen molar-refractivity contribution in [3.05, 3.63) is 0 Å². The molecule has 0 spiro atoms. The van der Waals surface area contributed by atoms with E-state index in [-0.39, 0.29) is 11.7 Å². The van der Waals surface area contributed by atoms with Gasteiger partial charge in [0.1, 0.15) is 10.1 Å². The standard InChI is InChI=1S/C22H41O4PS/c1-7-10-15-27(16-11-8-2,17-12-9-3)22(28(24,25)26)18-13-14-21(6,19(22)23)20(18,4)5/h18H,7-17H2,1-6H3. The molecular weight excluding hydrogens is 391 g/mol. The Hall–Kier alpha value is 0.0100. The molecule has 2 aliphatic rings. The number of ketones is 1. The van der Waals surface area contributed by atoms with Gasteiger partial charge in [-0.1, -0.05) is 60.8 Å². The quantitative estimate of drug-likeness (QED) is 0.311. The van der Waals surface area contributed by atoms with Crippen LogP contribution in [0.15, 0.2) is 0 Å². The highest BCUT2D eigenvalue weighted by Crippen LogP contribution is 2.84. The molecular formula is C22H41O4PS. The molecule has 2 fully saturated rings. The number of hydrogen-bond donors (Lipinski definition) is 0. The number of Topliss-reactive ketones (excluding diaryl/α,β-unsaturated/α-hetero) is 1. The van der Waals surface area contributed by atoms with Gasteiger partial charge in [-0.15, -0.1) is 0 Å². The summed E-state index contributed by atoms with van der Waals surface area (Å²) in [6.07, 6.45) is 9.38. The lowest BCUT2D eigenvalue weighted by Crippen LogP contribution is -2.55. The number of rotatable bonds is 11. The maximum atomic E-state index is 14.1. The minimum atomic E-state index is -4.75. The minimum Gasteiger partial charge on any atom is -0.744 e. The molecule has 2 rings (SSSR count). The zero-order chi connectivity index (χ0) is 21.4. The Morgan fingerprint density at radius 1 is 0.964 bits per heavy atom. The maximum absolute atomic E-state index is 14.1. The summed E-state index contributed by atoms with van der Waals surface area (Å²) in [5, 5.41) is 0. The summed E-state index contributed by atoms with van der Waals surface area (Å²) in [6.45, 7) is 12.4. The molecule has 164 valence electrons. The van der Waals surface area contributed by atoms with Crippen LogP contribution in [0.1, 0.15) is 92.9 Å². The number of carbonyl (C=O) groups is 1. The molecule has 0 saturated heterocycles. The Labute approximate surface area is 173 Å². The SMILES string of the molecule is CCCC[P+](CCCC)(CCCC)C1(S(=O)(=O)[O-])C(=O)C2(C)CCC1C2(C)C. The van der Waals surface area contributed by atoms with Gasteiger partial charge >= 0.3 is 0 Å². The molecule has 0 N–H and O–H groups in total. The number of hydrogen-bond acceptors (Lipinski definition) is 4. The van der Waals surface area contributed by atoms with Crippen molar-refractivity contribution in [1.29, 1.82) is 0 Å². The lowest BCUT2D eigenvalue weighted by atomic mass is 9.70. The zero-order valence-electron chi connectivity index (χ0n) is 18.8. The fourth-order valence-corrected chi connectivity index (χ4v) is 16.6. The molecule has 3 atom stereocenters. The normalized spacial score (nSPS) is 32.2. The molecule has 3 unspecified atom stereocenters. The summed E-state index contributed by atoms with van der Waals surface area (Å²) >= 11 is 0. The van der Waals surface area contributed by atoms with E-state index >= 15 is 0 Å². The van der Waals surface area contributed by atoms with Gasteiger partial charge in [0, 0.05) is 18.6 Å². The Morgan fingerprint density at radius 2 is 1.39 bits per heavy atom. The van der Waals surface area contributed by atoms with Gasteiger partial charge in [0.15, 0.2) is 5.78 Å². The van der Waals surface area contributed by atoms with Gasteiger partial charge in [-0.05, 0) is 37.5 Å². The van der Waals surface area contributed by atoms with E-state index in [0.717, 1.165) is 63.4 Å². The number of carbonyl (C=O) groups excluding carboxylic acids is 1. The molecule has 6 heteroatoms. The van der Waals surface area contributed by atoms with E-state index in [4.69, 9.17) is 0 Å². The molecule has 4 nitrogen and oxygen atoms in total. The molecule has 2 saturated carbocycles. The van der Waals surface area contributed by atoms with Crippen molar-refractivity contribution in [3.8, 4) is 0 Å². The van der Waals surface area contributed by atoms with Gasteiger partial charge in [0.2, 0.25) is 4.49 Å². The first-order valence-electron chi connectivity index (χ1n) is 11.3. The predicted molar refractivity (Wildman–Crippen MR) is 118 cm³/mol. The van der Waals surface area contributed by atoms with Gasteiger partial charge in [-0.3, -0.25) is 4.79 Å². The Balaban J connectivity index is 2.81. The zero-order valence-corrected chi connectivity index (χ0v) is 20.6. The second-order valence-corrected chi connectivity index (χ2v) is 16.2. The highest BCUT2D eigenvalue weighted by Gasteiger charge is 2.84. The second-order valence-electron chi connectivity index (χ2n) is 10.0. The Bertz CT molecular complexity index is 665. The number of fused-ring (bicyclic) bond motifs is 2. The molecule has 0 aliphatic heterocycles. The van der Waals surface area contributed by atoms with Gasteiger partial charge < -0.3 is 4.55 Å². The first-order chi connectivity index (χ1) is 12.9. The van der Waals surface area contributed by atoms with Gasteiger partial charge in [0.25, 0.3) is 0 Å². The van der Waals surface area contributed by atoms with Crippen LogP contribution >= 0.6 is 7.26 Å². The van der Waals surface area contributed by atoms with Crippen LogP contribution in [-0.4, -0.2) is 41.7 Å². The topological polar surface area (TPSA) is 74.3 Å². The summed E-state index contributed by atoms with van der Waals surface area (Å²) in [6, 6.07) is 0. The van der Waals surface area contributed by atoms with E-state index in [0.29, 0.717) is 6.42 Å². The first-order valence-corrected chi connectivity index (χ1v) is 15.0. The molecule has 0 aromatic heterocycles. The maximum Gasteiger partial charge on any atom is 0.227 e. The third-order valence-corrected chi connectivity index (χ3v) is 16.9. The van der Waals surface area contributed by atoms with Crippen LogP contribution in [0, 0.1) is 16.7 Å². The second kappa shape index (κ2) is 8.27. The highest BCUT2D eigenvalue weighted by molar-refractivity contribution is 8.01. The monoisotopic (exact) mass is 432 g/mol. The molecule has 0 heterocycles. The smallest absolute Gasteiger partial charge is 0.227 e. The van der Waals surface area contributed by atoms with Gasteiger partial charge in [0.05, 0.1) is 18.5 Å². The minimum absolute atomic E-state index is 0.201. The molecule has 0 aromatic rings. The van der Waals surface area contributed by atoms with Gasteiger partial charge in [-0.2, -0.15) is 0 Å². The number of unbranched alkanes of at least 4 members (excludes halogenated alkanes) is 3. The molecule has 0 radical (unpaired) electrons. The largest absolute Gasteiger partial charge is 0.744 e. The van der Waals surface area contributed by atoms with E-state index in [1.807, 2.05) is 20.8 Å².